The lowest BCUT2D eigenvalue weighted by Gasteiger charge is -2.34. The second kappa shape index (κ2) is 5.64. The van der Waals surface area contributed by atoms with Gasteiger partial charge in [-0.15, -0.1) is 0 Å². The van der Waals surface area contributed by atoms with E-state index in [9.17, 15) is 4.79 Å². The summed E-state index contributed by atoms with van der Waals surface area (Å²) in [6, 6.07) is 2.35. The number of esters is 1. The van der Waals surface area contributed by atoms with Crippen LogP contribution in [-0.2, 0) is 4.74 Å². The number of nitrogens with zero attached hydrogens (tertiary/aromatic N) is 2. The van der Waals surface area contributed by atoms with Gasteiger partial charge in [-0.1, -0.05) is 0 Å². The predicted molar refractivity (Wildman–Crippen MR) is 82.0 cm³/mol. The Bertz CT molecular complexity index is 555. The number of carbonyl (C=O) groups excluding carboxylic acids is 1. The topological polar surface area (TPSA) is 54.5 Å². The largest absolute Gasteiger partial charge is 0.465 e. The van der Waals surface area contributed by atoms with E-state index >= 15 is 0 Å². The third-order valence-electron chi connectivity index (χ3n) is 4.27. The van der Waals surface area contributed by atoms with Crippen molar-refractivity contribution < 1.29 is 9.53 Å². The molecule has 1 aromatic heterocycles. The third kappa shape index (κ3) is 2.88. The molecule has 1 saturated carbocycles. The molecule has 0 spiro atoms. The summed E-state index contributed by atoms with van der Waals surface area (Å²) in [6.07, 6.45) is 2.42. The number of hydrogen-bond acceptors (Lipinski definition) is 5. The third-order valence-corrected chi connectivity index (χ3v) is 4.27. The van der Waals surface area contributed by atoms with Crippen molar-refractivity contribution in [1.82, 2.24) is 10.3 Å². The smallest absolute Gasteiger partial charge is 0.341 e. The fourth-order valence-electron chi connectivity index (χ4n) is 3.01. The average Bonchev–Trinajstić information content (AvgIpc) is 3.30. The van der Waals surface area contributed by atoms with E-state index in [1.54, 1.807) is 0 Å². The van der Waals surface area contributed by atoms with Crippen molar-refractivity contribution in [2.24, 2.45) is 0 Å². The van der Waals surface area contributed by atoms with Crippen LogP contribution in [0.15, 0.2) is 6.07 Å². The number of anilines is 1. The molecule has 1 N–H and O–H groups in total. The normalized spacial score (nSPS) is 22.2. The Labute approximate surface area is 125 Å². The van der Waals surface area contributed by atoms with Crippen LogP contribution < -0.4 is 10.2 Å². The maximum Gasteiger partial charge on any atom is 0.341 e. The van der Waals surface area contributed by atoms with E-state index in [-0.39, 0.29) is 5.97 Å². The number of pyridine rings is 1. The van der Waals surface area contributed by atoms with Crippen LogP contribution in [0.4, 0.5) is 5.82 Å². The van der Waals surface area contributed by atoms with Crippen LogP contribution in [0.2, 0.25) is 0 Å². The molecule has 21 heavy (non-hydrogen) atoms. The summed E-state index contributed by atoms with van der Waals surface area (Å²) in [5.74, 6) is 1.08. The Morgan fingerprint density at radius 3 is 2.86 bits per heavy atom. The fraction of sp³-hybridized carbons (Fsp3) is 0.625. The van der Waals surface area contributed by atoms with Gasteiger partial charge in [0.1, 0.15) is 11.4 Å². The molecule has 1 aromatic rings. The summed E-state index contributed by atoms with van der Waals surface area (Å²) in [7, 11) is 1.43. The van der Waals surface area contributed by atoms with Gasteiger partial charge in [-0.05, 0) is 38.3 Å². The first-order valence-electron chi connectivity index (χ1n) is 7.68. The van der Waals surface area contributed by atoms with Gasteiger partial charge < -0.3 is 15.0 Å². The molecule has 3 rings (SSSR count). The van der Waals surface area contributed by atoms with Crippen LogP contribution in [-0.4, -0.2) is 43.7 Å². The Morgan fingerprint density at radius 1 is 1.48 bits per heavy atom. The van der Waals surface area contributed by atoms with E-state index in [0.717, 1.165) is 36.7 Å². The Balaban J connectivity index is 2.01. The standard InChI is InChI=1S/C16H23N3O2/c1-10-8-13(16(20)21-3)15(18-14(10)12-4-5-12)19-7-6-17-11(2)9-19/h8,11-12,17H,4-7,9H2,1-3H3. The highest BCUT2D eigenvalue weighted by molar-refractivity contribution is 5.95. The summed E-state index contributed by atoms with van der Waals surface area (Å²) >= 11 is 0. The molecule has 1 atom stereocenters. The van der Waals surface area contributed by atoms with Crippen LogP contribution in [0.25, 0.3) is 0 Å². The maximum atomic E-state index is 12.1. The molecule has 2 aliphatic rings. The van der Waals surface area contributed by atoms with Crippen molar-refractivity contribution in [3.63, 3.8) is 0 Å². The zero-order valence-corrected chi connectivity index (χ0v) is 13.0. The summed E-state index contributed by atoms with van der Waals surface area (Å²) in [5.41, 5.74) is 2.85. The molecule has 1 aliphatic heterocycles. The molecule has 0 radical (unpaired) electrons. The van der Waals surface area contributed by atoms with Crippen LogP contribution in [0.1, 0.15) is 47.3 Å². The SMILES string of the molecule is COC(=O)c1cc(C)c(C2CC2)nc1N1CCNC(C)C1. The van der Waals surface area contributed by atoms with Crippen molar-refractivity contribution in [3.05, 3.63) is 22.9 Å². The number of hydrogen-bond donors (Lipinski definition) is 1. The highest BCUT2D eigenvalue weighted by Crippen LogP contribution is 2.41. The number of carbonyl (C=O) groups is 1. The number of nitrogens with one attached hydrogen (secondary N) is 1. The van der Waals surface area contributed by atoms with Gasteiger partial charge in [-0.2, -0.15) is 0 Å². The predicted octanol–water partition coefficient (Wildman–Crippen LogP) is 1.85. The number of aryl methyl sites for hydroxylation is 1. The van der Waals surface area contributed by atoms with E-state index in [1.165, 1.54) is 20.0 Å². The average molecular weight is 289 g/mol. The van der Waals surface area contributed by atoms with Gasteiger partial charge in [0.05, 0.1) is 7.11 Å². The zero-order chi connectivity index (χ0) is 15.0. The van der Waals surface area contributed by atoms with Gasteiger partial charge in [0.15, 0.2) is 0 Å². The van der Waals surface area contributed by atoms with Crippen molar-refractivity contribution in [2.45, 2.75) is 38.6 Å². The molecule has 0 amide bonds. The van der Waals surface area contributed by atoms with E-state index < -0.39 is 0 Å². The first kappa shape index (κ1) is 14.3. The number of ether oxygens (including phenoxy) is 1. The first-order chi connectivity index (χ1) is 10.1. The van der Waals surface area contributed by atoms with Crippen LogP contribution in [0, 0.1) is 6.92 Å². The van der Waals surface area contributed by atoms with E-state index in [1.807, 2.05) is 13.0 Å². The number of aromatic nitrogens is 1. The molecule has 0 bridgehead atoms. The zero-order valence-electron chi connectivity index (χ0n) is 13.0. The lowest BCUT2D eigenvalue weighted by molar-refractivity contribution is 0.0600. The Morgan fingerprint density at radius 2 is 2.24 bits per heavy atom. The molecule has 2 fully saturated rings. The molecular weight excluding hydrogens is 266 g/mol. The van der Waals surface area contributed by atoms with Crippen LogP contribution in [0.3, 0.4) is 0 Å². The molecule has 1 saturated heterocycles. The highest BCUT2D eigenvalue weighted by atomic mass is 16.5. The second-order valence-corrected chi connectivity index (χ2v) is 6.13. The Kier molecular flexibility index (Phi) is 3.85. The molecule has 114 valence electrons. The second-order valence-electron chi connectivity index (χ2n) is 6.13. The van der Waals surface area contributed by atoms with Crippen molar-refractivity contribution in [2.75, 3.05) is 31.6 Å². The minimum atomic E-state index is -0.297. The number of methoxy groups -OCH3 is 1. The van der Waals surface area contributed by atoms with Crippen molar-refractivity contribution >= 4 is 11.8 Å². The molecular formula is C16H23N3O2. The van der Waals surface area contributed by atoms with Gasteiger partial charge in [0.25, 0.3) is 0 Å². The fourth-order valence-corrected chi connectivity index (χ4v) is 3.01. The molecule has 1 unspecified atom stereocenters. The van der Waals surface area contributed by atoms with Crippen LogP contribution >= 0.6 is 0 Å². The van der Waals surface area contributed by atoms with E-state index in [4.69, 9.17) is 9.72 Å². The monoisotopic (exact) mass is 289 g/mol. The lowest BCUT2D eigenvalue weighted by atomic mass is 10.1. The summed E-state index contributed by atoms with van der Waals surface area (Å²) in [5, 5.41) is 3.42. The Hall–Kier alpha value is -1.62. The van der Waals surface area contributed by atoms with Crippen molar-refractivity contribution in [1.29, 1.82) is 0 Å². The molecule has 0 aromatic carbocycles. The van der Waals surface area contributed by atoms with Gasteiger partial charge in [-0.3, -0.25) is 0 Å². The van der Waals surface area contributed by atoms with E-state index in [2.05, 4.69) is 17.1 Å². The first-order valence-corrected chi connectivity index (χ1v) is 7.68. The minimum absolute atomic E-state index is 0.297. The summed E-state index contributed by atoms with van der Waals surface area (Å²) < 4.78 is 4.94. The highest BCUT2D eigenvalue weighted by Gasteiger charge is 2.30. The minimum Gasteiger partial charge on any atom is -0.465 e. The lowest BCUT2D eigenvalue weighted by Crippen LogP contribution is -2.50. The summed E-state index contributed by atoms with van der Waals surface area (Å²) in [4.78, 5) is 19.2. The molecule has 5 heteroatoms. The van der Waals surface area contributed by atoms with Gasteiger partial charge in [0.2, 0.25) is 0 Å². The summed E-state index contributed by atoms with van der Waals surface area (Å²) in [6.45, 7) is 6.84. The molecule has 1 aliphatic carbocycles. The van der Waals surface area contributed by atoms with Crippen LogP contribution in [0.5, 0.6) is 0 Å². The van der Waals surface area contributed by atoms with Crippen molar-refractivity contribution in [3.8, 4) is 0 Å². The van der Waals surface area contributed by atoms with Gasteiger partial charge >= 0.3 is 5.97 Å². The van der Waals surface area contributed by atoms with E-state index in [0.29, 0.717) is 17.5 Å². The molecule has 2 heterocycles. The van der Waals surface area contributed by atoms with Gasteiger partial charge in [0, 0.05) is 37.3 Å². The quantitative estimate of drug-likeness (QED) is 0.861. The number of rotatable bonds is 3. The number of piperazine rings is 1. The molecule has 5 nitrogen and oxygen atoms in total. The van der Waals surface area contributed by atoms with Gasteiger partial charge in [-0.25, -0.2) is 9.78 Å². The maximum absolute atomic E-state index is 12.1.